The maximum absolute atomic E-state index is 6.16. The summed E-state index contributed by atoms with van der Waals surface area (Å²) in [5, 5.41) is 0. The summed E-state index contributed by atoms with van der Waals surface area (Å²) in [7, 11) is 2.26. The van der Waals surface area contributed by atoms with Crippen LogP contribution in [-0.4, -0.2) is 43.8 Å². The molecule has 3 nitrogen and oxygen atoms in total. The van der Waals surface area contributed by atoms with Gasteiger partial charge in [-0.25, -0.2) is 0 Å². The zero-order valence-corrected chi connectivity index (χ0v) is 11.6. The van der Waals surface area contributed by atoms with Gasteiger partial charge in [0.15, 0.2) is 0 Å². The molecule has 2 rings (SSSR count). The molecule has 17 heavy (non-hydrogen) atoms. The highest BCUT2D eigenvalue weighted by Crippen LogP contribution is 2.32. The van der Waals surface area contributed by atoms with Crippen molar-refractivity contribution in [1.82, 2.24) is 4.90 Å². The Balaban J connectivity index is 1.86. The zero-order valence-electron chi connectivity index (χ0n) is 11.6. The minimum atomic E-state index is 0.151. The quantitative estimate of drug-likeness (QED) is 0.818. The van der Waals surface area contributed by atoms with E-state index in [1.807, 2.05) is 0 Å². The number of ether oxygens (including phenoxy) is 1. The van der Waals surface area contributed by atoms with Gasteiger partial charge in [0.1, 0.15) is 0 Å². The predicted octanol–water partition coefficient (Wildman–Crippen LogP) is 1.86. The molecule has 1 saturated carbocycles. The van der Waals surface area contributed by atoms with Crippen LogP contribution in [0.4, 0.5) is 0 Å². The minimum Gasteiger partial charge on any atom is -0.379 e. The smallest absolute Gasteiger partial charge is 0.0624 e. The van der Waals surface area contributed by atoms with E-state index in [1.165, 1.54) is 25.7 Å². The third kappa shape index (κ3) is 3.01. The molecule has 2 unspecified atom stereocenters. The third-order valence-electron chi connectivity index (χ3n) is 4.84. The van der Waals surface area contributed by atoms with Crippen LogP contribution >= 0.6 is 0 Å². The van der Waals surface area contributed by atoms with Crippen molar-refractivity contribution in [1.29, 1.82) is 0 Å². The van der Waals surface area contributed by atoms with E-state index >= 15 is 0 Å². The summed E-state index contributed by atoms with van der Waals surface area (Å²) in [5.41, 5.74) is 6.31. The average Bonchev–Trinajstić information content (AvgIpc) is 2.60. The van der Waals surface area contributed by atoms with Gasteiger partial charge in [-0.1, -0.05) is 13.8 Å². The number of hydrogen-bond donors (Lipinski definition) is 1. The van der Waals surface area contributed by atoms with Crippen molar-refractivity contribution in [2.75, 3.05) is 26.8 Å². The van der Waals surface area contributed by atoms with Crippen LogP contribution in [0, 0.1) is 11.3 Å². The molecule has 2 fully saturated rings. The molecular formula is C14H28N2O. The van der Waals surface area contributed by atoms with Gasteiger partial charge in [0.25, 0.3) is 0 Å². The Kier molecular flexibility index (Phi) is 4.11. The maximum atomic E-state index is 6.16. The molecule has 1 aliphatic carbocycles. The van der Waals surface area contributed by atoms with E-state index in [-0.39, 0.29) is 11.5 Å². The largest absolute Gasteiger partial charge is 0.379 e. The predicted molar refractivity (Wildman–Crippen MR) is 71.0 cm³/mol. The van der Waals surface area contributed by atoms with Gasteiger partial charge in [-0.2, -0.15) is 0 Å². The van der Waals surface area contributed by atoms with Crippen LogP contribution in [-0.2, 0) is 4.74 Å². The highest BCUT2D eigenvalue weighted by atomic mass is 16.5. The van der Waals surface area contributed by atoms with Crippen LogP contribution in [0.3, 0.4) is 0 Å². The molecule has 0 bridgehead atoms. The lowest BCUT2D eigenvalue weighted by Crippen LogP contribution is -2.49. The van der Waals surface area contributed by atoms with Crippen molar-refractivity contribution < 1.29 is 4.74 Å². The molecule has 0 aromatic heterocycles. The average molecular weight is 240 g/mol. The van der Waals surface area contributed by atoms with Gasteiger partial charge in [-0.3, -0.25) is 0 Å². The fourth-order valence-corrected chi connectivity index (χ4v) is 3.27. The first kappa shape index (κ1) is 13.3. The molecule has 2 aliphatic rings. The highest BCUT2D eigenvalue weighted by Gasteiger charge is 2.39. The topological polar surface area (TPSA) is 38.5 Å². The Labute approximate surface area is 106 Å². The van der Waals surface area contributed by atoms with Crippen LogP contribution in [0.15, 0.2) is 0 Å². The second kappa shape index (κ2) is 5.25. The summed E-state index contributed by atoms with van der Waals surface area (Å²) in [6, 6.07) is 0.961. The highest BCUT2D eigenvalue weighted by molar-refractivity contribution is 4.93. The summed E-state index contributed by atoms with van der Waals surface area (Å²) in [6.45, 7) is 7.27. The lowest BCUT2D eigenvalue weighted by molar-refractivity contribution is 0.0912. The van der Waals surface area contributed by atoms with Crippen LogP contribution < -0.4 is 5.73 Å². The van der Waals surface area contributed by atoms with Gasteiger partial charge in [-0.15, -0.1) is 0 Å². The SMILES string of the molecule is CC1CCC(N(C)CC2(C)COCC2N)CC1. The summed E-state index contributed by atoms with van der Waals surface area (Å²) in [4.78, 5) is 2.53. The van der Waals surface area contributed by atoms with Crippen molar-refractivity contribution in [3.8, 4) is 0 Å². The molecule has 100 valence electrons. The van der Waals surface area contributed by atoms with Crippen molar-refractivity contribution >= 4 is 0 Å². The molecule has 0 amide bonds. The molecule has 2 N–H and O–H groups in total. The van der Waals surface area contributed by atoms with E-state index in [4.69, 9.17) is 10.5 Å². The van der Waals surface area contributed by atoms with Gasteiger partial charge >= 0.3 is 0 Å². The normalized spacial score (nSPS) is 43.2. The Hall–Kier alpha value is -0.120. The third-order valence-corrected chi connectivity index (χ3v) is 4.84. The van der Waals surface area contributed by atoms with Crippen molar-refractivity contribution in [3.63, 3.8) is 0 Å². The molecule has 1 heterocycles. The summed E-state index contributed by atoms with van der Waals surface area (Å²) in [5.74, 6) is 0.923. The number of rotatable bonds is 3. The first-order chi connectivity index (χ1) is 8.01. The molecule has 2 atom stereocenters. The van der Waals surface area contributed by atoms with E-state index in [0.717, 1.165) is 31.7 Å². The zero-order chi connectivity index (χ0) is 12.5. The van der Waals surface area contributed by atoms with Gasteiger partial charge in [0, 0.05) is 24.0 Å². The molecular weight excluding hydrogens is 212 g/mol. The lowest BCUT2D eigenvalue weighted by Gasteiger charge is -2.39. The molecule has 0 aromatic rings. The van der Waals surface area contributed by atoms with Gasteiger partial charge in [0.2, 0.25) is 0 Å². The van der Waals surface area contributed by atoms with Crippen LogP contribution in [0.5, 0.6) is 0 Å². The standard InChI is InChI=1S/C14H28N2O/c1-11-4-6-12(7-5-11)16(3)9-14(2)10-17-8-13(14)15/h11-13H,4-10,15H2,1-3H3. The van der Waals surface area contributed by atoms with Gasteiger partial charge in [0.05, 0.1) is 13.2 Å². The first-order valence-electron chi connectivity index (χ1n) is 7.05. The summed E-state index contributed by atoms with van der Waals surface area (Å²) in [6.07, 6.45) is 5.47. The van der Waals surface area contributed by atoms with Crippen LogP contribution in [0.1, 0.15) is 39.5 Å². The number of nitrogens with two attached hydrogens (primary N) is 1. The fourth-order valence-electron chi connectivity index (χ4n) is 3.27. The van der Waals surface area contributed by atoms with Gasteiger partial charge < -0.3 is 15.4 Å². The Morgan fingerprint density at radius 1 is 1.29 bits per heavy atom. The number of nitrogens with zero attached hydrogens (tertiary/aromatic N) is 1. The lowest BCUT2D eigenvalue weighted by atomic mass is 9.82. The van der Waals surface area contributed by atoms with Crippen LogP contribution in [0.2, 0.25) is 0 Å². The van der Waals surface area contributed by atoms with E-state index < -0.39 is 0 Å². The number of hydrogen-bond acceptors (Lipinski definition) is 3. The van der Waals surface area contributed by atoms with E-state index in [2.05, 4.69) is 25.8 Å². The van der Waals surface area contributed by atoms with E-state index in [0.29, 0.717) is 0 Å². The fraction of sp³-hybridized carbons (Fsp3) is 1.00. The molecule has 1 aliphatic heterocycles. The van der Waals surface area contributed by atoms with Crippen molar-refractivity contribution in [3.05, 3.63) is 0 Å². The second-order valence-corrected chi connectivity index (χ2v) is 6.60. The molecule has 1 saturated heterocycles. The second-order valence-electron chi connectivity index (χ2n) is 6.60. The maximum Gasteiger partial charge on any atom is 0.0624 e. The first-order valence-corrected chi connectivity index (χ1v) is 7.05. The Morgan fingerprint density at radius 2 is 1.94 bits per heavy atom. The molecule has 0 spiro atoms. The van der Waals surface area contributed by atoms with Gasteiger partial charge in [-0.05, 0) is 38.6 Å². The van der Waals surface area contributed by atoms with Crippen molar-refractivity contribution in [2.45, 2.75) is 51.6 Å². The molecule has 0 aromatic carbocycles. The monoisotopic (exact) mass is 240 g/mol. The van der Waals surface area contributed by atoms with Crippen molar-refractivity contribution in [2.24, 2.45) is 17.1 Å². The molecule has 0 radical (unpaired) electrons. The van der Waals surface area contributed by atoms with E-state index in [9.17, 15) is 0 Å². The van der Waals surface area contributed by atoms with E-state index in [1.54, 1.807) is 0 Å². The molecule has 3 heteroatoms. The Bertz CT molecular complexity index is 251. The minimum absolute atomic E-state index is 0.151. The summed E-state index contributed by atoms with van der Waals surface area (Å²) >= 11 is 0. The summed E-state index contributed by atoms with van der Waals surface area (Å²) < 4.78 is 5.53. The Morgan fingerprint density at radius 3 is 2.47 bits per heavy atom. The van der Waals surface area contributed by atoms with Crippen LogP contribution in [0.25, 0.3) is 0 Å².